The molecule has 0 saturated heterocycles. The molecule has 0 aliphatic heterocycles. The summed E-state index contributed by atoms with van der Waals surface area (Å²) in [6.07, 6.45) is 4.53. The third-order valence-corrected chi connectivity index (χ3v) is 10.7. The van der Waals surface area contributed by atoms with Crippen LogP contribution < -0.4 is 0 Å². The molecule has 0 radical (unpaired) electrons. The van der Waals surface area contributed by atoms with Gasteiger partial charge in [0.1, 0.15) is 5.78 Å². The van der Waals surface area contributed by atoms with Gasteiger partial charge in [0.15, 0.2) is 0 Å². The number of carbonyl (C=O) groups excluding carboxylic acids is 1. The molecule has 1 nitrogen and oxygen atoms in total. The summed E-state index contributed by atoms with van der Waals surface area (Å²) in [4.78, 5) is 12.0. The fourth-order valence-electron chi connectivity index (χ4n) is 3.12. The first-order chi connectivity index (χ1) is 6.70. The Balaban J connectivity index is 2.79. The largest absolute Gasteiger partial charge is 0.300 e. The molecule has 2 heteroatoms. The van der Waals surface area contributed by atoms with Crippen LogP contribution >= 0.6 is 0 Å². The topological polar surface area (TPSA) is 17.1 Å². The number of Topliss-reactive ketones (excluding diaryl/α,β-unsaturated/α-hetero) is 1. The summed E-state index contributed by atoms with van der Waals surface area (Å²) in [5.74, 6) is 0.605. The molecule has 1 fully saturated rings. The zero-order chi connectivity index (χ0) is 10.6. The summed E-state index contributed by atoms with van der Waals surface area (Å²) in [6, 6.07) is 3.91. The van der Waals surface area contributed by atoms with Crippen LogP contribution in [0.25, 0.3) is 0 Å². The second-order valence-electron chi connectivity index (χ2n) is 4.69. The van der Waals surface area contributed by atoms with E-state index in [1.54, 1.807) is 0 Å². The molecule has 0 amide bonds. The lowest BCUT2D eigenvalue weighted by atomic mass is 9.99. The molecule has 1 rings (SSSR count). The van der Waals surface area contributed by atoms with Gasteiger partial charge in [-0.3, -0.25) is 4.79 Å². The summed E-state index contributed by atoms with van der Waals surface area (Å²) >= 11 is 0. The van der Waals surface area contributed by atoms with E-state index in [0.29, 0.717) is 11.3 Å². The maximum absolute atomic E-state index is 12.0. The van der Waals surface area contributed by atoms with Crippen LogP contribution in [0.5, 0.6) is 0 Å². The van der Waals surface area contributed by atoms with Crippen LogP contribution in [0.4, 0.5) is 0 Å². The van der Waals surface area contributed by atoms with Crippen LogP contribution in [0.3, 0.4) is 0 Å². The molecule has 1 atom stereocenters. The Morgan fingerprint density at radius 1 is 1.14 bits per heavy atom. The molecule has 0 aromatic heterocycles. The zero-order valence-electron chi connectivity index (χ0n) is 9.94. The van der Waals surface area contributed by atoms with Crippen molar-refractivity contribution in [3.8, 4) is 0 Å². The Morgan fingerprint density at radius 2 is 1.71 bits per heavy atom. The lowest BCUT2D eigenvalue weighted by Gasteiger charge is -2.38. The van der Waals surface area contributed by atoms with Crippen molar-refractivity contribution < 1.29 is 4.79 Å². The summed E-state index contributed by atoms with van der Waals surface area (Å²) in [7, 11) is -1.23. The van der Waals surface area contributed by atoms with Crippen LogP contribution in [0.2, 0.25) is 23.7 Å². The second-order valence-corrected chi connectivity index (χ2v) is 10.2. The van der Waals surface area contributed by atoms with E-state index in [1.165, 1.54) is 31.0 Å². The highest BCUT2D eigenvalue weighted by molar-refractivity contribution is 6.83. The molecular weight excluding hydrogens is 188 g/mol. The average Bonchev–Trinajstić information content (AvgIpc) is 2.24. The molecule has 0 aromatic carbocycles. The third-order valence-electron chi connectivity index (χ3n) is 4.41. The number of rotatable bonds is 4. The first-order valence-electron chi connectivity index (χ1n) is 6.23. The predicted molar refractivity (Wildman–Crippen MR) is 64.4 cm³/mol. The minimum absolute atomic E-state index is 0.510. The molecule has 82 valence electrons. The van der Waals surface area contributed by atoms with Crippen molar-refractivity contribution in [1.29, 1.82) is 0 Å². The molecular formula is C12H24OSi. The minimum Gasteiger partial charge on any atom is -0.300 e. The molecule has 1 aliphatic rings. The van der Waals surface area contributed by atoms with Gasteiger partial charge < -0.3 is 0 Å². The second kappa shape index (κ2) is 5.10. The molecule has 1 aliphatic carbocycles. The van der Waals surface area contributed by atoms with Gasteiger partial charge in [0.25, 0.3) is 0 Å². The lowest BCUT2D eigenvalue weighted by molar-refractivity contribution is -0.120. The van der Waals surface area contributed by atoms with Crippen LogP contribution in [0, 0.1) is 0 Å². The quantitative estimate of drug-likeness (QED) is 0.644. The highest BCUT2D eigenvalue weighted by atomic mass is 28.3. The van der Waals surface area contributed by atoms with E-state index in [-0.39, 0.29) is 0 Å². The Labute approximate surface area is 89.3 Å². The lowest BCUT2D eigenvalue weighted by Crippen LogP contribution is -2.42. The number of ketones is 1. The van der Waals surface area contributed by atoms with Crippen molar-refractivity contribution in [2.45, 2.75) is 70.1 Å². The molecule has 1 saturated carbocycles. The molecule has 0 N–H and O–H groups in total. The fourth-order valence-corrected chi connectivity index (χ4v) is 7.74. The number of hydrogen-bond acceptors (Lipinski definition) is 1. The summed E-state index contributed by atoms with van der Waals surface area (Å²) in [5, 5.41) is 0. The third kappa shape index (κ3) is 2.10. The Hall–Kier alpha value is -0.113. The molecule has 0 aromatic rings. The van der Waals surface area contributed by atoms with Crippen LogP contribution in [0.1, 0.15) is 46.5 Å². The van der Waals surface area contributed by atoms with E-state index < -0.39 is 8.07 Å². The SMILES string of the molecule is CC[Si](CC)(CC)[C@@H]1CCCCC1=O. The Kier molecular flexibility index (Phi) is 4.36. The van der Waals surface area contributed by atoms with Crippen LogP contribution in [-0.4, -0.2) is 13.9 Å². The monoisotopic (exact) mass is 212 g/mol. The van der Waals surface area contributed by atoms with Crippen molar-refractivity contribution in [1.82, 2.24) is 0 Å². The van der Waals surface area contributed by atoms with Crippen molar-refractivity contribution in [2.75, 3.05) is 0 Å². The molecule has 14 heavy (non-hydrogen) atoms. The molecule has 0 unspecified atom stereocenters. The Bertz CT molecular complexity index is 188. The fraction of sp³-hybridized carbons (Fsp3) is 0.917. The van der Waals surface area contributed by atoms with Gasteiger partial charge in [0.05, 0.1) is 8.07 Å². The summed E-state index contributed by atoms with van der Waals surface area (Å²) in [6.45, 7) is 6.92. The normalized spacial score (nSPS) is 23.9. The van der Waals surface area contributed by atoms with Gasteiger partial charge >= 0.3 is 0 Å². The maximum Gasteiger partial charge on any atom is 0.133 e. The standard InChI is InChI=1S/C12H24OSi/c1-4-14(5-2,6-3)12-10-8-7-9-11(12)13/h12H,4-10H2,1-3H3/t12-/m1/s1. The zero-order valence-corrected chi connectivity index (χ0v) is 10.9. The molecule has 0 bridgehead atoms. The minimum atomic E-state index is -1.23. The first kappa shape index (κ1) is 12.0. The summed E-state index contributed by atoms with van der Waals surface area (Å²) in [5.41, 5.74) is 0.510. The highest BCUT2D eigenvalue weighted by Gasteiger charge is 2.40. The van der Waals surface area contributed by atoms with E-state index >= 15 is 0 Å². The van der Waals surface area contributed by atoms with Gasteiger partial charge in [-0.25, -0.2) is 0 Å². The van der Waals surface area contributed by atoms with Gasteiger partial charge in [-0.15, -0.1) is 0 Å². The number of hydrogen-bond donors (Lipinski definition) is 0. The van der Waals surface area contributed by atoms with Crippen molar-refractivity contribution in [3.63, 3.8) is 0 Å². The van der Waals surface area contributed by atoms with E-state index in [0.717, 1.165) is 12.8 Å². The van der Waals surface area contributed by atoms with Gasteiger partial charge in [0, 0.05) is 12.0 Å². The Morgan fingerprint density at radius 3 is 2.14 bits per heavy atom. The van der Waals surface area contributed by atoms with Gasteiger partial charge in [-0.1, -0.05) is 45.3 Å². The molecule has 0 spiro atoms. The van der Waals surface area contributed by atoms with Crippen molar-refractivity contribution >= 4 is 13.9 Å². The smallest absolute Gasteiger partial charge is 0.133 e. The van der Waals surface area contributed by atoms with Gasteiger partial charge in [-0.05, 0) is 12.8 Å². The van der Waals surface area contributed by atoms with Crippen molar-refractivity contribution in [2.24, 2.45) is 0 Å². The molecule has 0 heterocycles. The van der Waals surface area contributed by atoms with E-state index in [1.807, 2.05) is 0 Å². The van der Waals surface area contributed by atoms with Crippen LogP contribution in [-0.2, 0) is 4.79 Å². The van der Waals surface area contributed by atoms with E-state index in [4.69, 9.17) is 0 Å². The number of carbonyl (C=O) groups is 1. The van der Waals surface area contributed by atoms with E-state index in [2.05, 4.69) is 20.8 Å². The van der Waals surface area contributed by atoms with Crippen LogP contribution in [0.15, 0.2) is 0 Å². The van der Waals surface area contributed by atoms with Crippen molar-refractivity contribution in [3.05, 3.63) is 0 Å². The average molecular weight is 212 g/mol. The maximum atomic E-state index is 12.0. The predicted octanol–water partition coefficient (Wildman–Crippen LogP) is 4.01. The summed E-state index contributed by atoms with van der Waals surface area (Å²) < 4.78 is 0. The van der Waals surface area contributed by atoms with Gasteiger partial charge in [0.2, 0.25) is 0 Å². The van der Waals surface area contributed by atoms with E-state index in [9.17, 15) is 4.79 Å². The first-order valence-corrected chi connectivity index (χ1v) is 8.92. The van der Waals surface area contributed by atoms with Gasteiger partial charge in [-0.2, -0.15) is 0 Å². The highest BCUT2D eigenvalue weighted by Crippen LogP contribution is 2.40.